The van der Waals surface area contributed by atoms with Gasteiger partial charge in [0.15, 0.2) is 0 Å². The molecule has 106 valence electrons. The Hall–Kier alpha value is -2.02. The van der Waals surface area contributed by atoms with Gasteiger partial charge < -0.3 is 14.8 Å². The van der Waals surface area contributed by atoms with Crippen molar-refractivity contribution in [1.29, 1.82) is 0 Å². The second-order valence-corrected chi connectivity index (χ2v) is 4.86. The molecule has 2 aliphatic heterocycles. The van der Waals surface area contributed by atoms with Crippen LogP contribution in [0.25, 0.3) is 0 Å². The number of halogens is 2. The number of likely N-dealkylation sites (tertiary alicyclic amines) is 1. The van der Waals surface area contributed by atoms with Gasteiger partial charge in [0.1, 0.15) is 11.6 Å². The second kappa shape index (κ2) is 4.82. The Morgan fingerprint density at radius 1 is 1.40 bits per heavy atom. The lowest BCUT2D eigenvalue weighted by atomic mass is 10.0. The lowest BCUT2D eigenvalue weighted by Crippen LogP contribution is -2.56. The fourth-order valence-corrected chi connectivity index (χ4v) is 2.23. The van der Waals surface area contributed by atoms with Gasteiger partial charge in [-0.05, 0) is 18.2 Å². The Morgan fingerprint density at radius 2 is 2.15 bits per heavy atom. The molecule has 0 radical (unpaired) electrons. The Morgan fingerprint density at radius 3 is 2.85 bits per heavy atom. The quantitative estimate of drug-likeness (QED) is 0.867. The molecule has 0 aromatic heterocycles. The number of carbonyl (C=O) groups is 1. The maximum Gasteiger partial charge on any atom is 0.267 e. The minimum absolute atomic E-state index is 0.00365. The Labute approximate surface area is 113 Å². The SMILES string of the molecule is O=C(C1CC(c2cc(F)ccc2F)=NO1)N1CC(O)C1. The molecule has 0 aliphatic carbocycles. The summed E-state index contributed by atoms with van der Waals surface area (Å²) in [6.45, 7) is 0.532. The van der Waals surface area contributed by atoms with Crippen molar-refractivity contribution < 1.29 is 23.5 Å². The number of nitrogens with zero attached hydrogens (tertiary/aromatic N) is 2. The summed E-state index contributed by atoms with van der Waals surface area (Å²) in [6, 6.07) is 3.05. The van der Waals surface area contributed by atoms with E-state index in [1.807, 2.05) is 0 Å². The zero-order chi connectivity index (χ0) is 14.3. The highest BCUT2D eigenvalue weighted by atomic mass is 19.1. The van der Waals surface area contributed by atoms with Gasteiger partial charge in [0, 0.05) is 25.1 Å². The van der Waals surface area contributed by atoms with E-state index in [4.69, 9.17) is 9.94 Å². The van der Waals surface area contributed by atoms with Crippen LogP contribution < -0.4 is 0 Å². The van der Waals surface area contributed by atoms with Crippen LogP contribution in [0.15, 0.2) is 23.4 Å². The first-order valence-corrected chi connectivity index (χ1v) is 6.19. The number of aliphatic hydroxyl groups is 1. The molecule has 1 aromatic rings. The molecular formula is C13H12F2N2O3. The average Bonchev–Trinajstić information content (AvgIpc) is 2.86. The van der Waals surface area contributed by atoms with Gasteiger partial charge in [-0.1, -0.05) is 5.16 Å². The Bertz CT molecular complexity index is 585. The number of amides is 1. The van der Waals surface area contributed by atoms with E-state index in [2.05, 4.69) is 5.16 Å². The molecule has 0 bridgehead atoms. The van der Waals surface area contributed by atoms with Gasteiger partial charge in [0.2, 0.25) is 6.10 Å². The van der Waals surface area contributed by atoms with Crippen molar-refractivity contribution in [3.05, 3.63) is 35.4 Å². The molecule has 0 spiro atoms. The smallest absolute Gasteiger partial charge is 0.267 e. The first kappa shape index (κ1) is 13.0. The molecule has 1 fully saturated rings. The fourth-order valence-electron chi connectivity index (χ4n) is 2.23. The predicted octanol–water partition coefficient (Wildman–Crippen LogP) is 0.661. The third kappa shape index (κ3) is 2.24. The maximum atomic E-state index is 13.6. The zero-order valence-electron chi connectivity index (χ0n) is 10.4. The molecule has 1 unspecified atom stereocenters. The molecule has 0 saturated carbocycles. The number of oxime groups is 1. The predicted molar refractivity (Wildman–Crippen MR) is 65.0 cm³/mol. The lowest BCUT2D eigenvalue weighted by molar-refractivity contribution is -0.152. The molecule has 2 aliphatic rings. The van der Waals surface area contributed by atoms with Crippen molar-refractivity contribution in [1.82, 2.24) is 4.90 Å². The fraction of sp³-hybridized carbons (Fsp3) is 0.385. The van der Waals surface area contributed by atoms with E-state index in [1.165, 1.54) is 4.90 Å². The van der Waals surface area contributed by atoms with Crippen LogP contribution in [0.4, 0.5) is 8.78 Å². The van der Waals surface area contributed by atoms with Gasteiger partial charge >= 0.3 is 0 Å². The summed E-state index contributed by atoms with van der Waals surface area (Å²) < 4.78 is 26.7. The molecule has 20 heavy (non-hydrogen) atoms. The lowest BCUT2D eigenvalue weighted by Gasteiger charge is -2.36. The monoisotopic (exact) mass is 282 g/mol. The van der Waals surface area contributed by atoms with Gasteiger partial charge in [-0.25, -0.2) is 8.78 Å². The Kier molecular flexibility index (Phi) is 3.13. The molecule has 1 aromatic carbocycles. The maximum absolute atomic E-state index is 13.6. The minimum Gasteiger partial charge on any atom is -0.389 e. The number of benzene rings is 1. The van der Waals surface area contributed by atoms with Crippen LogP contribution in [0.5, 0.6) is 0 Å². The molecule has 5 nitrogen and oxygen atoms in total. The van der Waals surface area contributed by atoms with Crippen molar-refractivity contribution >= 4 is 11.6 Å². The highest BCUT2D eigenvalue weighted by Crippen LogP contribution is 2.22. The topological polar surface area (TPSA) is 62.1 Å². The van der Waals surface area contributed by atoms with Crippen LogP contribution >= 0.6 is 0 Å². The van der Waals surface area contributed by atoms with Crippen molar-refractivity contribution in [2.24, 2.45) is 5.16 Å². The molecule has 2 heterocycles. The molecule has 1 atom stereocenters. The highest BCUT2D eigenvalue weighted by Gasteiger charge is 2.38. The van der Waals surface area contributed by atoms with E-state index in [9.17, 15) is 13.6 Å². The average molecular weight is 282 g/mol. The summed E-state index contributed by atoms with van der Waals surface area (Å²) in [7, 11) is 0. The van der Waals surface area contributed by atoms with E-state index in [-0.39, 0.29) is 36.7 Å². The van der Waals surface area contributed by atoms with E-state index in [0.29, 0.717) is 0 Å². The standard InChI is InChI=1S/C13H12F2N2O3/c14-7-1-2-10(15)9(3-7)11-4-12(20-16-11)13(19)17-5-8(18)6-17/h1-3,8,12,18H,4-6H2. The second-order valence-electron chi connectivity index (χ2n) is 4.86. The molecular weight excluding hydrogens is 270 g/mol. The van der Waals surface area contributed by atoms with E-state index in [1.54, 1.807) is 0 Å². The van der Waals surface area contributed by atoms with Crippen LogP contribution in [-0.2, 0) is 9.63 Å². The number of hydrogen-bond acceptors (Lipinski definition) is 4. The molecule has 1 N–H and O–H groups in total. The normalized spacial score (nSPS) is 22.2. The largest absolute Gasteiger partial charge is 0.389 e. The summed E-state index contributed by atoms with van der Waals surface area (Å²) >= 11 is 0. The van der Waals surface area contributed by atoms with E-state index >= 15 is 0 Å². The summed E-state index contributed by atoms with van der Waals surface area (Å²) in [5, 5.41) is 12.8. The summed E-state index contributed by atoms with van der Waals surface area (Å²) in [5.74, 6) is -1.49. The van der Waals surface area contributed by atoms with Crippen LogP contribution in [0.3, 0.4) is 0 Å². The van der Waals surface area contributed by atoms with Crippen LogP contribution in [0.2, 0.25) is 0 Å². The van der Waals surface area contributed by atoms with Gasteiger partial charge in [-0.15, -0.1) is 0 Å². The first-order chi connectivity index (χ1) is 9.54. The van der Waals surface area contributed by atoms with Crippen molar-refractivity contribution in [3.8, 4) is 0 Å². The molecule has 3 rings (SSSR count). The number of aliphatic hydroxyl groups excluding tert-OH is 1. The minimum atomic E-state index is -0.833. The number of carbonyl (C=O) groups excluding carboxylic acids is 1. The van der Waals surface area contributed by atoms with Crippen LogP contribution in [0.1, 0.15) is 12.0 Å². The van der Waals surface area contributed by atoms with Crippen LogP contribution in [-0.4, -0.2) is 46.9 Å². The van der Waals surface area contributed by atoms with Crippen LogP contribution in [0, 0.1) is 11.6 Å². The van der Waals surface area contributed by atoms with Gasteiger partial charge in [0.25, 0.3) is 5.91 Å². The highest BCUT2D eigenvalue weighted by molar-refractivity contribution is 6.04. The van der Waals surface area contributed by atoms with Crippen molar-refractivity contribution in [3.63, 3.8) is 0 Å². The molecule has 1 saturated heterocycles. The molecule has 7 heteroatoms. The van der Waals surface area contributed by atoms with Gasteiger partial charge in [0.05, 0.1) is 11.8 Å². The number of β-amino-alcohol motifs (C(OH)–C–C–N with tert-alkyl or cyclic N) is 1. The first-order valence-electron chi connectivity index (χ1n) is 6.19. The van der Waals surface area contributed by atoms with E-state index < -0.39 is 23.8 Å². The summed E-state index contributed by atoms with van der Waals surface area (Å²) in [4.78, 5) is 18.4. The summed E-state index contributed by atoms with van der Waals surface area (Å²) in [5.41, 5.74) is 0.213. The van der Waals surface area contributed by atoms with E-state index in [0.717, 1.165) is 18.2 Å². The third-order valence-corrected chi connectivity index (χ3v) is 3.36. The Balaban J connectivity index is 1.70. The molecule has 1 amide bonds. The van der Waals surface area contributed by atoms with Gasteiger partial charge in [-0.3, -0.25) is 4.79 Å². The zero-order valence-corrected chi connectivity index (χ0v) is 10.4. The number of rotatable bonds is 2. The van der Waals surface area contributed by atoms with Crippen molar-refractivity contribution in [2.45, 2.75) is 18.6 Å². The van der Waals surface area contributed by atoms with Gasteiger partial charge in [-0.2, -0.15) is 0 Å². The summed E-state index contributed by atoms with van der Waals surface area (Å²) in [6.07, 6.45) is -1.24. The third-order valence-electron chi connectivity index (χ3n) is 3.36. The van der Waals surface area contributed by atoms with Crippen molar-refractivity contribution in [2.75, 3.05) is 13.1 Å². The number of hydrogen-bond donors (Lipinski definition) is 1.